The van der Waals surface area contributed by atoms with Gasteiger partial charge in [-0.2, -0.15) is 0 Å². The van der Waals surface area contributed by atoms with Gasteiger partial charge in [0.25, 0.3) is 0 Å². The zero-order valence-electron chi connectivity index (χ0n) is 12.2. The van der Waals surface area contributed by atoms with E-state index in [4.69, 9.17) is 9.88 Å². The summed E-state index contributed by atoms with van der Waals surface area (Å²) in [5.74, 6) is 0.779. The number of sulfonamides is 1. The number of ether oxygens (including phenoxy) is 1. The van der Waals surface area contributed by atoms with Gasteiger partial charge in [-0.15, -0.1) is 0 Å². The van der Waals surface area contributed by atoms with E-state index in [2.05, 4.69) is 0 Å². The third-order valence-corrected chi connectivity index (χ3v) is 4.93. The maximum absolute atomic E-state index is 11.5. The molecule has 0 unspecified atom stereocenters. The fourth-order valence-corrected chi connectivity index (χ4v) is 3.58. The molecule has 1 aromatic carbocycles. The standard InChI is InChI=1S/C15H23NO3S/c1-11-10-15(20(16,17)18)12(2)9-14(11)19-13-7-5-3-4-6-8-13/h9-10,13H,3-8H2,1-2H3,(H2,16,17,18). The highest BCUT2D eigenvalue weighted by Crippen LogP contribution is 2.29. The zero-order chi connectivity index (χ0) is 14.8. The summed E-state index contributed by atoms with van der Waals surface area (Å²) in [7, 11) is -3.67. The van der Waals surface area contributed by atoms with Crippen LogP contribution in [0.4, 0.5) is 0 Å². The topological polar surface area (TPSA) is 69.4 Å². The highest BCUT2D eigenvalue weighted by molar-refractivity contribution is 7.89. The second kappa shape index (κ2) is 6.14. The summed E-state index contributed by atoms with van der Waals surface area (Å²) in [5, 5.41) is 5.21. The van der Waals surface area contributed by atoms with E-state index in [9.17, 15) is 8.42 Å². The average Bonchev–Trinajstić information content (AvgIpc) is 2.60. The fraction of sp³-hybridized carbons (Fsp3) is 0.600. The van der Waals surface area contributed by atoms with Crippen molar-refractivity contribution in [3.05, 3.63) is 23.3 Å². The maximum Gasteiger partial charge on any atom is 0.238 e. The van der Waals surface area contributed by atoms with Crippen LogP contribution in [0.15, 0.2) is 17.0 Å². The Morgan fingerprint density at radius 1 is 1.05 bits per heavy atom. The Kier molecular flexibility index (Phi) is 4.70. The van der Waals surface area contributed by atoms with Crippen molar-refractivity contribution >= 4 is 10.0 Å². The van der Waals surface area contributed by atoms with Crippen LogP contribution in [0.25, 0.3) is 0 Å². The summed E-state index contributed by atoms with van der Waals surface area (Å²) in [5.41, 5.74) is 1.46. The molecule has 0 aliphatic heterocycles. The normalized spacial score (nSPS) is 17.8. The summed E-state index contributed by atoms with van der Waals surface area (Å²) >= 11 is 0. The lowest BCUT2D eigenvalue weighted by molar-refractivity contribution is 0.182. The van der Waals surface area contributed by atoms with Gasteiger partial charge in [0.2, 0.25) is 10.0 Å². The highest BCUT2D eigenvalue weighted by Gasteiger charge is 2.18. The number of nitrogens with two attached hydrogens (primary N) is 1. The fourth-order valence-electron chi connectivity index (χ4n) is 2.74. The van der Waals surface area contributed by atoms with E-state index in [0.29, 0.717) is 5.56 Å². The number of hydrogen-bond donors (Lipinski definition) is 1. The summed E-state index contributed by atoms with van der Waals surface area (Å²) < 4.78 is 29.1. The monoisotopic (exact) mass is 297 g/mol. The van der Waals surface area contributed by atoms with Gasteiger partial charge in [0.1, 0.15) is 5.75 Å². The summed E-state index contributed by atoms with van der Waals surface area (Å²) in [6.45, 7) is 3.61. The van der Waals surface area contributed by atoms with Gasteiger partial charge in [-0.05, 0) is 62.8 Å². The lowest BCUT2D eigenvalue weighted by atomic mass is 10.1. The molecule has 5 heteroatoms. The first-order valence-corrected chi connectivity index (χ1v) is 8.73. The lowest BCUT2D eigenvalue weighted by Gasteiger charge is -2.19. The number of hydrogen-bond acceptors (Lipinski definition) is 3. The van der Waals surface area contributed by atoms with Crippen molar-refractivity contribution in [2.24, 2.45) is 5.14 Å². The molecule has 0 heterocycles. The van der Waals surface area contributed by atoms with Crippen LogP contribution < -0.4 is 9.88 Å². The molecule has 1 fully saturated rings. The SMILES string of the molecule is Cc1cc(S(N)(=O)=O)c(C)cc1OC1CCCCCC1. The molecule has 0 bridgehead atoms. The van der Waals surface area contributed by atoms with Crippen LogP contribution in [0.2, 0.25) is 0 Å². The van der Waals surface area contributed by atoms with Crippen molar-refractivity contribution < 1.29 is 13.2 Å². The van der Waals surface area contributed by atoms with Gasteiger partial charge < -0.3 is 4.74 Å². The number of rotatable bonds is 3. The molecule has 0 saturated heterocycles. The molecule has 20 heavy (non-hydrogen) atoms. The van der Waals surface area contributed by atoms with Crippen molar-refractivity contribution in [1.82, 2.24) is 0 Å². The molecule has 1 saturated carbocycles. The minimum Gasteiger partial charge on any atom is -0.490 e. The Hall–Kier alpha value is -1.07. The van der Waals surface area contributed by atoms with Crippen molar-refractivity contribution in [2.45, 2.75) is 63.4 Å². The number of benzene rings is 1. The minimum absolute atomic E-state index is 0.184. The molecule has 0 aromatic heterocycles. The van der Waals surface area contributed by atoms with Crippen LogP contribution in [-0.2, 0) is 10.0 Å². The van der Waals surface area contributed by atoms with Gasteiger partial charge in [-0.3, -0.25) is 0 Å². The molecule has 1 aliphatic carbocycles. The van der Waals surface area contributed by atoms with E-state index in [1.54, 1.807) is 19.1 Å². The van der Waals surface area contributed by atoms with E-state index < -0.39 is 10.0 Å². The molecule has 2 rings (SSSR count). The van der Waals surface area contributed by atoms with E-state index in [0.717, 1.165) is 24.2 Å². The lowest BCUT2D eigenvalue weighted by Crippen LogP contribution is -2.17. The predicted molar refractivity (Wildman–Crippen MR) is 79.4 cm³/mol. The quantitative estimate of drug-likeness (QED) is 0.872. The number of primary sulfonamides is 1. The van der Waals surface area contributed by atoms with E-state index in [1.807, 2.05) is 6.92 Å². The van der Waals surface area contributed by atoms with Crippen LogP contribution in [0.3, 0.4) is 0 Å². The van der Waals surface area contributed by atoms with Crippen molar-refractivity contribution in [3.63, 3.8) is 0 Å². The van der Waals surface area contributed by atoms with Gasteiger partial charge in [-0.25, -0.2) is 13.6 Å². The predicted octanol–water partition coefficient (Wildman–Crippen LogP) is 3.05. The smallest absolute Gasteiger partial charge is 0.238 e. The van der Waals surface area contributed by atoms with Crippen molar-refractivity contribution in [3.8, 4) is 5.75 Å². The maximum atomic E-state index is 11.5. The second-order valence-corrected chi connectivity index (χ2v) is 7.19. The Balaban J connectivity index is 2.22. The van der Waals surface area contributed by atoms with E-state index in [1.165, 1.54) is 25.7 Å². The van der Waals surface area contributed by atoms with Gasteiger partial charge in [-0.1, -0.05) is 12.8 Å². The van der Waals surface area contributed by atoms with Crippen LogP contribution >= 0.6 is 0 Å². The van der Waals surface area contributed by atoms with Gasteiger partial charge >= 0.3 is 0 Å². The highest BCUT2D eigenvalue weighted by atomic mass is 32.2. The third-order valence-electron chi connectivity index (χ3n) is 3.87. The zero-order valence-corrected chi connectivity index (χ0v) is 13.0. The average molecular weight is 297 g/mol. The molecular formula is C15H23NO3S. The molecule has 0 radical (unpaired) electrons. The van der Waals surface area contributed by atoms with Gasteiger partial charge in [0.05, 0.1) is 11.0 Å². The Morgan fingerprint density at radius 3 is 2.20 bits per heavy atom. The summed E-state index contributed by atoms with van der Waals surface area (Å²) in [6.07, 6.45) is 7.38. The first-order valence-electron chi connectivity index (χ1n) is 7.18. The van der Waals surface area contributed by atoms with Crippen molar-refractivity contribution in [1.29, 1.82) is 0 Å². The second-order valence-electron chi connectivity index (χ2n) is 5.66. The first kappa shape index (κ1) is 15.3. The molecule has 0 atom stereocenters. The van der Waals surface area contributed by atoms with E-state index in [-0.39, 0.29) is 11.0 Å². The summed E-state index contributed by atoms with van der Waals surface area (Å²) in [6, 6.07) is 3.40. The molecule has 1 aromatic rings. The van der Waals surface area contributed by atoms with E-state index >= 15 is 0 Å². The van der Waals surface area contributed by atoms with Gasteiger partial charge in [0.15, 0.2) is 0 Å². The minimum atomic E-state index is -3.67. The van der Waals surface area contributed by atoms with Crippen molar-refractivity contribution in [2.75, 3.05) is 0 Å². The summed E-state index contributed by atoms with van der Waals surface area (Å²) in [4.78, 5) is 0.184. The first-order chi connectivity index (χ1) is 9.38. The number of aryl methyl sites for hydroxylation is 2. The largest absolute Gasteiger partial charge is 0.490 e. The van der Waals surface area contributed by atoms with Crippen LogP contribution in [-0.4, -0.2) is 14.5 Å². The molecule has 0 spiro atoms. The Bertz CT molecular complexity index is 573. The molecule has 4 nitrogen and oxygen atoms in total. The van der Waals surface area contributed by atoms with Crippen LogP contribution in [0.1, 0.15) is 49.7 Å². The molecule has 1 aliphatic rings. The molecule has 0 amide bonds. The Labute approximate surface area is 121 Å². The third kappa shape index (κ3) is 3.73. The molecular weight excluding hydrogens is 274 g/mol. The molecule has 2 N–H and O–H groups in total. The van der Waals surface area contributed by atoms with Gasteiger partial charge in [0, 0.05) is 0 Å². The Morgan fingerprint density at radius 2 is 1.65 bits per heavy atom. The molecule has 112 valence electrons. The van der Waals surface area contributed by atoms with Crippen LogP contribution in [0.5, 0.6) is 5.75 Å². The van der Waals surface area contributed by atoms with Crippen LogP contribution in [0, 0.1) is 13.8 Å².